The molecule has 0 aromatic heterocycles. The molecule has 0 fully saturated rings. The quantitative estimate of drug-likeness (QED) is 0.507. The Kier molecular flexibility index (Phi) is 1.91. The van der Waals surface area contributed by atoms with Gasteiger partial charge in [-0.15, -0.1) is 0 Å². The second-order valence-corrected chi connectivity index (χ2v) is 3.66. The highest BCUT2D eigenvalue weighted by Crippen LogP contribution is 2.38. The van der Waals surface area contributed by atoms with Gasteiger partial charge in [0.25, 0.3) is 0 Å². The highest BCUT2D eigenvalue weighted by atomic mass is 16.6. The lowest BCUT2D eigenvalue weighted by Gasteiger charge is -2.03. The molecule has 0 spiro atoms. The number of nitrogens with zero attached hydrogens (tertiary/aromatic N) is 1. The molecule has 0 aliphatic carbocycles. The summed E-state index contributed by atoms with van der Waals surface area (Å²) in [5.74, 6) is 0.452. The van der Waals surface area contributed by atoms with Crippen molar-refractivity contribution in [1.82, 2.24) is 0 Å². The molecule has 0 unspecified atom stereocenters. The van der Waals surface area contributed by atoms with Crippen molar-refractivity contribution in [3.05, 3.63) is 33.4 Å². The van der Waals surface area contributed by atoms with Crippen molar-refractivity contribution in [3.63, 3.8) is 0 Å². The van der Waals surface area contributed by atoms with Crippen LogP contribution in [0.1, 0.15) is 18.1 Å². The summed E-state index contributed by atoms with van der Waals surface area (Å²) in [6, 6.07) is 3.50. The van der Waals surface area contributed by atoms with Crippen LogP contribution in [0.15, 0.2) is 12.1 Å². The minimum absolute atomic E-state index is 0.0468. The van der Waals surface area contributed by atoms with Gasteiger partial charge in [-0.3, -0.25) is 10.1 Å². The van der Waals surface area contributed by atoms with E-state index in [0.29, 0.717) is 5.75 Å². The zero-order chi connectivity index (χ0) is 10.3. The standard InChI is InChI=1S/C10H11NO3/c1-6-3-8-5-7(2)14-10(8)9(4-6)11(12)13/h3-4,7H,5H2,1-2H3/t7-/m1/s1. The van der Waals surface area contributed by atoms with Gasteiger partial charge in [0.15, 0.2) is 0 Å². The summed E-state index contributed by atoms with van der Waals surface area (Å²) in [6.45, 7) is 3.77. The number of aryl methyl sites for hydroxylation is 1. The first kappa shape index (κ1) is 8.99. The van der Waals surface area contributed by atoms with E-state index in [1.165, 1.54) is 0 Å². The van der Waals surface area contributed by atoms with E-state index in [0.717, 1.165) is 17.5 Å². The smallest absolute Gasteiger partial charge is 0.311 e. The van der Waals surface area contributed by atoms with E-state index in [1.807, 2.05) is 19.9 Å². The third-order valence-electron chi connectivity index (χ3n) is 2.31. The van der Waals surface area contributed by atoms with E-state index in [2.05, 4.69) is 0 Å². The molecule has 1 aliphatic heterocycles. The van der Waals surface area contributed by atoms with Gasteiger partial charge in [-0.2, -0.15) is 0 Å². The minimum atomic E-state index is -0.385. The Morgan fingerprint density at radius 3 is 2.93 bits per heavy atom. The predicted octanol–water partition coefficient (Wildman–Crippen LogP) is 2.23. The fraction of sp³-hybridized carbons (Fsp3) is 0.400. The maximum Gasteiger partial charge on any atom is 0.311 e. The Hall–Kier alpha value is -1.58. The van der Waals surface area contributed by atoms with Crippen LogP contribution in [0.25, 0.3) is 0 Å². The van der Waals surface area contributed by atoms with E-state index in [4.69, 9.17) is 4.74 Å². The number of nitro groups is 1. The zero-order valence-corrected chi connectivity index (χ0v) is 8.11. The second-order valence-electron chi connectivity index (χ2n) is 3.66. The molecule has 0 N–H and O–H groups in total. The van der Waals surface area contributed by atoms with E-state index in [9.17, 15) is 10.1 Å². The Balaban J connectivity index is 2.57. The molecule has 1 aromatic rings. The molecule has 0 bridgehead atoms. The molecule has 4 nitrogen and oxygen atoms in total. The van der Waals surface area contributed by atoms with Gasteiger partial charge in [-0.1, -0.05) is 6.07 Å². The van der Waals surface area contributed by atoms with Gasteiger partial charge < -0.3 is 4.74 Å². The van der Waals surface area contributed by atoms with Crippen molar-refractivity contribution < 1.29 is 9.66 Å². The maximum atomic E-state index is 10.7. The zero-order valence-electron chi connectivity index (χ0n) is 8.11. The second kappa shape index (κ2) is 2.97. The van der Waals surface area contributed by atoms with Gasteiger partial charge in [0, 0.05) is 18.1 Å². The van der Waals surface area contributed by atoms with Gasteiger partial charge in [0.05, 0.1) is 4.92 Å². The molecule has 1 aliphatic rings. The van der Waals surface area contributed by atoms with Crippen molar-refractivity contribution in [2.24, 2.45) is 0 Å². The van der Waals surface area contributed by atoms with E-state index in [-0.39, 0.29) is 16.7 Å². The number of ether oxygens (including phenoxy) is 1. The van der Waals surface area contributed by atoms with Crippen LogP contribution < -0.4 is 4.74 Å². The van der Waals surface area contributed by atoms with Crippen LogP contribution in [0.3, 0.4) is 0 Å². The fourth-order valence-corrected chi connectivity index (χ4v) is 1.80. The third-order valence-corrected chi connectivity index (χ3v) is 2.31. The lowest BCUT2D eigenvalue weighted by Crippen LogP contribution is -2.05. The monoisotopic (exact) mass is 193 g/mol. The number of rotatable bonds is 1. The molecule has 2 rings (SSSR count). The van der Waals surface area contributed by atoms with Gasteiger partial charge in [-0.05, 0) is 19.4 Å². The van der Waals surface area contributed by atoms with Gasteiger partial charge in [0.2, 0.25) is 5.75 Å². The number of nitro benzene ring substituents is 1. The SMILES string of the molecule is Cc1cc2c(c([N+](=O)[O-])c1)O[C@H](C)C2. The summed E-state index contributed by atoms with van der Waals surface area (Å²) in [5.41, 5.74) is 1.95. The van der Waals surface area contributed by atoms with Crippen LogP contribution in [-0.4, -0.2) is 11.0 Å². The van der Waals surface area contributed by atoms with Crippen LogP contribution in [0, 0.1) is 17.0 Å². The van der Waals surface area contributed by atoms with Crippen molar-refractivity contribution in [2.75, 3.05) is 0 Å². The Morgan fingerprint density at radius 1 is 1.57 bits per heavy atom. The summed E-state index contributed by atoms with van der Waals surface area (Å²) in [5, 5.41) is 10.7. The first-order valence-corrected chi connectivity index (χ1v) is 4.52. The lowest BCUT2D eigenvalue weighted by atomic mass is 10.1. The highest BCUT2D eigenvalue weighted by molar-refractivity contribution is 5.56. The molecule has 0 radical (unpaired) electrons. The van der Waals surface area contributed by atoms with Crippen molar-refractivity contribution in [3.8, 4) is 5.75 Å². The molecule has 74 valence electrons. The molecule has 0 amide bonds. The molecule has 4 heteroatoms. The van der Waals surface area contributed by atoms with Crippen LogP contribution in [-0.2, 0) is 6.42 Å². The first-order valence-electron chi connectivity index (χ1n) is 4.52. The topological polar surface area (TPSA) is 52.4 Å². The van der Waals surface area contributed by atoms with Crippen molar-refractivity contribution in [2.45, 2.75) is 26.4 Å². The number of hydrogen-bond acceptors (Lipinski definition) is 3. The summed E-state index contributed by atoms with van der Waals surface area (Å²) in [4.78, 5) is 10.4. The Bertz CT molecular complexity index is 401. The molecule has 1 aromatic carbocycles. The lowest BCUT2D eigenvalue weighted by molar-refractivity contribution is -0.385. The summed E-state index contributed by atoms with van der Waals surface area (Å²) < 4.78 is 5.41. The maximum absolute atomic E-state index is 10.7. The summed E-state index contributed by atoms with van der Waals surface area (Å²) in [7, 11) is 0. The van der Waals surface area contributed by atoms with Crippen molar-refractivity contribution >= 4 is 5.69 Å². The molecular weight excluding hydrogens is 182 g/mol. The molecule has 0 saturated heterocycles. The summed E-state index contributed by atoms with van der Waals surface area (Å²) in [6.07, 6.45) is 0.809. The normalized spacial score (nSPS) is 18.9. The minimum Gasteiger partial charge on any atom is -0.483 e. The molecular formula is C10H11NO3. The van der Waals surface area contributed by atoms with Crippen LogP contribution >= 0.6 is 0 Å². The van der Waals surface area contributed by atoms with Gasteiger partial charge >= 0.3 is 5.69 Å². The number of hydrogen-bond donors (Lipinski definition) is 0. The summed E-state index contributed by atoms with van der Waals surface area (Å²) >= 11 is 0. The van der Waals surface area contributed by atoms with E-state index in [1.54, 1.807) is 6.07 Å². The number of fused-ring (bicyclic) bond motifs is 1. The van der Waals surface area contributed by atoms with Crippen LogP contribution in [0.2, 0.25) is 0 Å². The van der Waals surface area contributed by atoms with E-state index >= 15 is 0 Å². The molecule has 1 heterocycles. The van der Waals surface area contributed by atoms with E-state index < -0.39 is 0 Å². The average molecular weight is 193 g/mol. The molecule has 14 heavy (non-hydrogen) atoms. The van der Waals surface area contributed by atoms with Crippen molar-refractivity contribution in [1.29, 1.82) is 0 Å². The largest absolute Gasteiger partial charge is 0.483 e. The number of benzene rings is 1. The average Bonchev–Trinajstić information content (AvgIpc) is 2.42. The molecule has 0 saturated carbocycles. The predicted molar refractivity (Wildman–Crippen MR) is 51.6 cm³/mol. The highest BCUT2D eigenvalue weighted by Gasteiger charge is 2.28. The molecule has 1 atom stereocenters. The Morgan fingerprint density at radius 2 is 2.29 bits per heavy atom. The van der Waals surface area contributed by atoms with Gasteiger partial charge in [-0.25, -0.2) is 0 Å². The van der Waals surface area contributed by atoms with Gasteiger partial charge in [0.1, 0.15) is 6.10 Å². The van der Waals surface area contributed by atoms with Crippen LogP contribution in [0.5, 0.6) is 5.75 Å². The van der Waals surface area contributed by atoms with Crippen LogP contribution in [0.4, 0.5) is 5.69 Å². The fourth-order valence-electron chi connectivity index (χ4n) is 1.80. The first-order chi connectivity index (χ1) is 6.58. The Labute approximate surface area is 81.7 Å². The third kappa shape index (κ3) is 1.32.